The van der Waals surface area contributed by atoms with Crippen molar-refractivity contribution in [3.05, 3.63) is 52.8 Å². The zero-order valence-electron chi connectivity index (χ0n) is 13.7. The van der Waals surface area contributed by atoms with Gasteiger partial charge in [0, 0.05) is 6.42 Å². The third kappa shape index (κ3) is 3.35. The van der Waals surface area contributed by atoms with Crippen molar-refractivity contribution in [3.8, 4) is 5.69 Å². The van der Waals surface area contributed by atoms with Crippen molar-refractivity contribution in [2.45, 2.75) is 33.1 Å². The summed E-state index contributed by atoms with van der Waals surface area (Å²) in [7, 11) is 0. The lowest BCUT2D eigenvalue weighted by molar-refractivity contribution is 0.102. The third-order valence-electron chi connectivity index (χ3n) is 3.60. The number of hydrogen-bond donors (Lipinski definition) is 1. The first-order chi connectivity index (χ1) is 11.7. The molecule has 2 aromatic heterocycles. The minimum Gasteiger partial charge on any atom is -0.296 e. The zero-order valence-corrected chi connectivity index (χ0v) is 14.5. The van der Waals surface area contributed by atoms with Gasteiger partial charge in [0.1, 0.15) is 5.01 Å². The zero-order chi connectivity index (χ0) is 16.9. The van der Waals surface area contributed by atoms with Crippen LogP contribution < -0.4 is 5.32 Å². The molecule has 7 heteroatoms. The van der Waals surface area contributed by atoms with E-state index >= 15 is 0 Å². The molecule has 3 rings (SSSR count). The van der Waals surface area contributed by atoms with Gasteiger partial charge < -0.3 is 0 Å². The summed E-state index contributed by atoms with van der Waals surface area (Å²) < 4.78 is 1.80. The normalized spacial score (nSPS) is 10.8. The van der Waals surface area contributed by atoms with E-state index in [4.69, 9.17) is 0 Å². The number of aryl methyl sites for hydroxylation is 1. The molecule has 124 valence electrons. The summed E-state index contributed by atoms with van der Waals surface area (Å²) in [4.78, 5) is 12.6. The highest BCUT2D eigenvalue weighted by molar-refractivity contribution is 7.15. The van der Waals surface area contributed by atoms with Crippen LogP contribution in [0.3, 0.4) is 0 Å². The first-order valence-electron chi connectivity index (χ1n) is 7.99. The molecule has 6 nitrogen and oxygen atoms in total. The molecule has 0 saturated heterocycles. The highest BCUT2D eigenvalue weighted by Gasteiger charge is 2.18. The summed E-state index contributed by atoms with van der Waals surface area (Å²) in [6, 6.07) is 9.79. The van der Waals surface area contributed by atoms with Gasteiger partial charge in [0.15, 0.2) is 0 Å². The Morgan fingerprint density at radius 3 is 2.71 bits per heavy atom. The standard InChI is InChI=1S/C17H19N5OS/c1-3-8-15-20-21-17(24-15)19-16(23)13-11-18-22(14(13)4-2)12-9-6-5-7-10-12/h5-7,9-11H,3-4,8H2,1-2H3,(H,19,21,23). The predicted octanol–water partition coefficient (Wildman–Crippen LogP) is 3.49. The van der Waals surface area contributed by atoms with Gasteiger partial charge >= 0.3 is 0 Å². The number of carbonyl (C=O) groups excluding carboxylic acids is 1. The maximum Gasteiger partial charge on any atom is 0.260 e. The van der Waals surface area contributed by atoms with Gasteiger partial charge in [0.2, 0.25) is 5.13 Å². The summed E-state index contributed by atoms with van der Waals surface area (Å²) in [6.45, 7) is 4.10. The Hall–Kier alpha value is -2.54. The van der Waals surface area contributed by atoms with E-state index in [1.165, 1.54) is 11.3 Å². The van der Waals surface area contributed by atoms with E-state index in [9.17, 15) is 4.79 Å². The molecular weight excluding hydrogens is 322 g/mol. The number of nitrogens with one attached hydrogen (secondary N) is 1. The molecule has 0 fully saturated rings. The number of rotatable bonds is 6. The molecule has 1 N–H and O–H groups in total. The van der Waals surface area contributed by atoms with Gasteiger partial charge in [-0.3, -0.25) is 10.1 Å². The molecule has 0 unspecified atom stereocenters. The molecule has 0 atom stereocenters. The van der Waals surface area contributed by atoms with Gasteiger partial charge in [0.05, 0.1) is 23.1 Å². The van der Waals surface area contributed by atoms with Gasteiger partial charge in [-0.2, -0.15) is 5.10 Å². The number of carbonyl (C=O) groups is 1. The predicted molar refractivity (Wildman–Crippen MR) is 94.8 cm³/mol. The van der Waals surface area contributed by atoms with E-state index in [1.807, 2.05) is 37.3 Å². The quantitative estimate of drug-likeness (QED) is 0.745. The van der Waals surface area contributed by atoms with Crippen LogP contribution in [0.2, 0.25) is 0 Å². The second-order valence-corrected chi connectivity index (χ2v) is 6.37. The summed E-state index contributed by atoms with van der Waals surface area (Å²) >= 11 is 1.42. The van der Waals surface area contributed by atoms with Crippen LogP contribution in [0.15, 0.2) is 36.5 Å². The number of amides is 1. The third-order valence-corrected chi connectivity index (χ3v) is 4.50. The van der Waals surface area contributed by atoms with Gasteiger partial charge in [0.25, 0.3) is 5.91 Å². The maximum atomic E-state index is 12.6. The monoisotopic (exact) mass is 341 g/mol. The van der Waals surface area contributed by atoms with Crippen molar-refractivity contribution in [2.75, 3.05) is 5.32 Å². The molecule has 0 saturated carbocycles. The molecule has 2 heterocycles. The Kier molecular flexibility index (Phi) is 5.00. The Balaban J connectivity index is 1.83. The molecule has 0 spiro atoms. The van der Waals surface area contributed by atoms with Crippen LogP contribution in [0, 0.1) is 0 Å². The van der Waals surface area contributed by atoms with Crippen LogP contribution in [0.4, 0.5) is 5.13 Å². The Morgan fingerprint density at radius 1 is 1.21 bits per heavy atom. The van der Waals surface area contributed by atoms with Crippen LogP contribution in [0.5, 0.6) is 0 Å². The summed E-state index contributed by atoms with van der Waals surface area (Å²) in [5.74, 6) is -0.201. The van der Waals surface area contributed by atoms with Gasteiger partial charge in [-0.15, -0.1) is 10.2 Å². The fourth-order valence-electron chi connectivity index (χ4n) is 2.48. The van der Waals surface area contributed by atoms with Crippen LogP contribution >= 0.6 is 11.3 Å². The van der Waals surface area contributed by atoms with Crippen molar-refractivity contribution < 1.29 is 4.79 Å². The number of benzene rings is 1. The number of aromatic nitrogens is 4. The highest BCUT2D eigenvalue weighted by Crippen LogP contribution is 2.20. The Bertz CT molecular complexity index is 825. The number of para-hydroxylation sites is 1. The second-order valence-electron chi connectivity index (χ2n) is 5.31. The first kappa shape index (κ1) is 16.3. The maximum absolute atomic E-state index is 12.6. The van der Waals surface area contributed by atoms with Crippen molar-refractivity contribution in [1.29, 1.82) is 0 Å². The van der Waals surface area contributed by atoms with E-state index in [0.717, 1.165) is 29.2 Å². The van der Waals surface area contributed by atoms with E-state index in [2.05, 4.69) is 27.5 Å². The highest BCUT2D eigenvalue weighted by atomic mass is 32.1. The van der Waals surface area contributed by atoms with Crippen molar-refractivity contribution in [1.82, 2.24) is 20.0 Å². The van der Waals surface area contributed by atoms with E-state index in [-0.39, 0.29) is 5.91 Å². The largest absolute Gasteiger partial charge is 0.296 e. The molecule has 0 aliphatic carbocycles. The fourth-order valence-corrected chi connectivity index (χ4v) is 3.32. The number of hydrogen-bond acceptors (Lipinski definition) is 5. The lowest BCUT2D eigenvalue weighted by Gasteiger charge is -2.07. The van der Waals surface area contributed by atoms with E-state index in [0.29, 0.717) is 17.1 Å². The molecule has 0 bridgehead atoms. The summed E-state index contributed by atoms with van der Waals surface area (Å²) in [5, 5.41) is 16.8. The van der Waals surface area contributed by atoms with Crippen LogP contribution in [-0.2, 0) is 12.8 Å². The lowest BCUT2D eigenvalue weighted by Crippen LogP contribution is -2.14. The summed E-state index contributed by atoms with van der Waals surface area (Å²) in [6.07, 6.45) is 4.19. The number of anilines is 1. The molecule has 1 aromatic carbocycles. The Labute approximate surface area is 144 Å². The molecule has 1 amide bonds. The van der Waals surface area contributed by atoms with Crippen molar-refractivity contribution in [3.63, 3.8) is 0 Å². The van der Waals surface area contributed by atoms with Gasteiger partial charge in [-0.1, -0.05) is 43.4 Å². The summed E-state index contributed by atoms with van der Waals surface area (Å²) in [5.41, 5.74) is 2.38. The minimum atomic E-state index is -0.201. The topological polar surface area (TPSA) is 72.7 Å². The van der Waals surface area contributed by atoms with Crippen molar-refractivity contribution >= 4 is 22.4 Å². The lowest BCUT2D eigenvalue weighted by atomic mass is 10.2. The Morgan fingerprint density at radius 2 is 2.00 bits per heavy atom. The fraction of sp³-hybridized carbons (Fsp3) is 0.294. The van der Waals surface area contributed by atoms with Gasteiger partial charge in [-0.25, -0.2) is 4.68 Å². The number of nitrogens with zero attached hydrogens (tertiary/aromatic N) is 4. The van der Waals surface area contributed by atoms with E-state index < -0.39 is 0 Å². The average Bonchev–Trinajstić information content (AvgIpc) is 3.22. The molecule has 0 radical (unpaired) electrons. The SMILES string of the molecule is CCCc1nnc(NC(=O)c2cnn(-c3ccccc3)c2CC)s1. The molecule has 0 aliphatic heterocycles. The average molecular weight is 341 g/mol. The molecular formula is C17H19N5OS. The smallest absolute Gasteiger partial charge is 0.260 e. The molecule has 3 aromatic rings. The van der Waals surface area contributed by atoms with Crippen molar-refractivity contribution in [2.24, 2.45) is 0 Å². The minimum absolute atomic E-state index is 0.201. The molecule has 0 aliphatic rings. The van der Waals surface area contributed by atoms with Crippen LogP contribution in [-0.4, -0.2) is 25.9 Å². The van der Waals surface area contributed by atoms with Crippen LogP contribution in [0.1, 0.15) is 41.3 Å². The van der Waals surface area contributed by atoms with Crippen LogP contribution in [0.25, 0.3) is 5.69 Å². The first-order valence-corrected chi connectivity index (χ1v) is 8.80. The second kappa shape index (κ2) is 7.35. The molecule has 24 heavy (non-hydrogen) atoms. The van der Waals surface area contributed by atoms with Gasteiger partial charge in [-0.05, 0) is 25.0 Å². The van der Waals surface area contributed by atoms with E-state index in [1.54, 1.807) is 10.9 Å².